The highest BCUT2D eigenvalue weighted by Crippen LogP contribution is 2.13. The molecule has 0 saturated carbocycles. The largest absolute Gasteiger partial charge is 0.237 e. The summed E-state index contributed by atoms with van der Waals surface area (Å²) in [7, 11) is 0. The summed E-state index contributed by atoms with van der Waals surface area (Å²) in [6, 6.07) is 7.41. The summed E-state index contributed by atoms with van der Waals surface area (Å²) in [5, 5.41) is 13.7. The fraction of sp³-hybridized carbons (Fsp3) is 0. The summed E-state index contributed by atoms with van der Waals surface area (Å²) in [5.41, 5.74) is 0.579. The van der Waals surface area contributed by atoms with Gasteiger partial charge in [-0.2, -0.15) is 20.0 Å². The third-order valence-electron chi connectivity index (χ3n) is 2.28. The third kappa shape index (κ3) is 1.50. The molecule has 80 valence electrons. The van der Waals surface area contributed by atoms with E-state index in [9.17, 15) is 0 Å². The molecule has 0 N–H and O–H groups in total. The molecule has 3 aromatic rings. The molecule has 6 nitrogen and oxygen atoms in total. The maximum atomic E-state index is 8.78. The van der Waals surface area contributed by atoms with E-state index in [0.29, 0.717) is 11.5 Å². The normalized spacial score (nSPS) is 10.3. The lowest BCUT2D eigenvalue weighted by atomic mass is 10.4. The Morgan fingerprint density at radius 1 is 1.18 bits per heavy atom. The Hall–Kier alpha value is -2.81. The average molecular weight is 222 g/mol. The summed E-state index contributed by atoms with van der Waals surface area (Å²) in [6.07, 6.45) is 4.90. The fourth-order valence-corrected chi connectivity index (χ4v) is 1.52. The molecule has 0 amide bonds. The maximum absolute atomic E-state index is 8.78. The van der Waals surface area contributed by atoms with Crippen molar-refractivity contribution in [1.82, 2.24) is 24.7 Å². The van der Waals surface area contributed by atoms with Gasteiger partial charge in [-0.05, 0) is 12.1 Å². The molecule has 0 spiro atoms. The standard InChI is InChI=1S/C11H6N6/c12-5-9-14-6-8-7-15-17(11(8)16-9)10-3-1-2-4-13-10/h1-4,6-7H. The highest BCUT2D eigenvalue weighted by molar-refractivity contribution is 5.75. The molecule has 0 saturated heterocycles. The Morgan fingerprint density at radius 3 is 2.88 bits per heavy atom. The van der Waals surface area contributed by atoms with Crippen LogP contribution in [-0.2, 0) is 0 Å². The number of nitrogens with zero attached hydrogens (tertiary/aromatic N) is 6. The molecule has 3 heterocycles. The van der Waals surface area contributed by atoms with E-state index in [-0.39, 0.29) is 5.82 Å². The summed E-state index contributed by atoms with van der Waals surface area (Å²) >= 11 is 0. The molecule has 0 fully saturated rings. The fourth-order valence-electron chi connectivity index (χ4n) is 1.52. The SMILES string of the molecule is N#Cc1ncc2cnn(-c3ccccn3)c2n1. The molecule has 3 aromatic heterocycles. The predicted molar refractivity (Wildman–Crippen MR) is 59.2 cm³/mol. The van der Waals surface area contributed by atoms with E-state index >= 15 is 0 Å². The summed E-state index contributed by atoms with van der Waals surface area (Å²) in [5.74, 6) is 0.778. The maximum Gasteiger partial charge on any atom is 0.234 e. The van der Waals surface area contributed by atoms with Gasteiger partial charge in [-0.1, -0.05) is 6.07 Å². The second-order valence-corrected chi connectivity index (χ2v) is 3.33. The molecule has 0 atom stereocenters. The van der Waals surface area contributed by atoms with Gasteiger partial charge in [-0.3, -0.25) is 0 Å². The van der Waals surface area contributed by atoms with E-state index < -0.39 is 0 Å². The zero-order valence-electron chi connectivity index (χ0n) is 8.65. The molecular weight excluding hydrogens is 216 g/mol. The van der Waals surface area contributed by atoms with Crippen molar-refractivity contribution in [2.45, 2.75) is 0 Å². The Bertz CT molecular complexity index is 710. The third-order valence-corrected chi connectivity index (χ3v) is 2.28. The molecule has 0 radical (unpaired) electrons. The first kappa shape index (κ1) is 9.42. The lowest BCUT2D eigenvalue weighted by Crippen LogP contribution is -2.00. The zero-order valence-corrected chi connectivity index (χ0v) is 8.65. The van der Waals surface area contributed by atoms with Crippen LogP contribution in [0.5, 0.6) is 0 Å². The van der Waals surface area contributed by atoms with Gasteiger partial charge in [-0.15, -0.1) is 0 Å². The van der Waals surface area contributed by atoms with Crippen LogP contribution in [0.1, 0.15) is 5.82 Å². The van der Waals surface area contributed by atoms with Gasteiger partial charge in [-0.25, -0.2) is 9.97 Å². The second-order valence-electron chi connectivity index (χ2n) is 3.33. The van der Waals surface area contributed by atoms with E-state index in [1.165, 1.54) is 0 Å². The smallest absolute Gasteiger partial charge is 0.234 e. The van der Waals surface area contributed by atoms with Crippen LogP contribution in [0.2, 0.25) is 0 Å². The van der Waals surface area contributed by atoms with Crippen LogP contribution in [0.25, 0.3) is 16.9 Å². The van der Waals surface area contributed by atoms with Gasteiger partial charge in [0.25, 0.3) is 0 Å². The van der Waals surface area contributed by atoms with Gasteiger partial charge in [0.15, 0.2) is 11.5 Å². The zero-order chi connectivity index (χ0) is 11.7. The minimum Gasteiger partial charge on any atom is -0.237 e. The number of nitriles is 1. The molecule has 3 rings (SSSR count). The molecule has 0 unspecified atom stereocenters. The van der Waals surface area contributed by atoms with Crippen molar-refractivity contribution in [3.05, 3.63) is 42.6 Å². The number of hydrogen-bond donors (Lipinski definition) is 0. The predicted octanol–water partition coefficient (Wildman–Crippen LogP) is 1.08. The van der Waals surface area contributed by atoms with Gasteiger partial charge in [0.1, 0.15) is 6.07 Å². The quantitative estimate of drug-likeness (QED) is 0.615. The van der Waals surface area contributed by atoms with Crippen molar-refractivity contribution in [2.24, 2.45) is 0 Å². The summed E-state index contributed by atoms with van der Waals surface area (Å²) < 4.78 is 1.58. The Balaban J connectivity index is 2.28. The van der Waals surface area contributed by atoms with E-state index in [2.05, 4.69) is 20.1 Å². The Morgan fingerprint density at radius 2 is 2.12 bits per heavy atom. The van der Waals surface area contributed by atoms with Gasteiger partial charge < -0.3 is 0 Å². The van der Waals surface area contributed by atoms with E-state index in [0.717, 1.165) is 5.39 Å². The van der Waals surface area contributed by atoms with Crippen LogP contribution in [0, 0.1) is 11.3 Å². The van der Waals surface area contributed by atoms with Gasteiger partial charge >= 0.3 is 0 Å². The average Bonchev–Trinajstić information content (AvgIpc) is 2.82. The van der Waals surface area contributed by atoms with Crippen LogP contribution in [-0.4, -0.2) is 24.7 Å². The Kier molecular flexibility index (Phi) is 2.02. The molecular formula is C11H6N6. The van der Waals surface area contributed by atoms with Gasteiger partial charge in [0.2, 0.25) is 5.82 Å². The lowest BCUT2D eigenvalue weighted by molar-refractivity contribution is 0.860. The van der Waals surface area contributed by atoms with Crippen LogP contribution >= 0.6 is 0 Å². The number of pyridine rings is 1. The molecule has 0 aliphatic rings. The van der Waals surface area contributed by atoms with Crippen molar-refractivity contribution in [3.8, 4) is 11.9 Å². The second kappa shape index (κ2) is 3.64. The monoisotopic (exact) mass is 222 g/mol. The van der Waals surface area contributed by atoms with Crippen LogP contribution < -0.4 is 0 Å². The number of hydrogen-bond acceptors (Lipinski definition) is 5. The Labute approximate surface area is 96.2 Å². The number of rotatable bonds is 1. The van der Waals surface area contributed by atoms with Crippen molar-refractivity contribution >= 4 is 11.0 Å². The van der Waals surface area contributed by atoms with E-state index in [4.69, 9.17) is 5.26 Å². The van der Waals surface area contributed by atoms with Crippen LogP contribution in [0.4, 0.5) is 0 Å². The van der Waals surface area contributed by atoms with Crippen molar-refractivity contribution in [1.29, 1.82) is 5.26 Å². The van der Waals surface area contributed by atoms with E-state index in [1.807, 2.05) is 24.3 Å². The highest BCUT2D eigenvalue weighted by Gasteiger charge is 2.08. The topological polar surface area (TPSA) is 80.3 Å². The molecule has 0 bridgehead atoms. The van der Waals surface area contributed by atoms with Crippen molar-refractivity contribution < 1.29 is 0 Å². The minimum atomic E-state index is 0.121. The first-order chi connectivity index (χ1) is 8.38. The molecule has 0 aromatic carbocycles. The minimum absolute atomic E-state index is 0.121. The molecule has 0 aliphatic carbocycles. The first-order valence-corrected chi connectivity index (χ1v) is 4.91. The van der Waals surface area contributed by atoms with Crippen LogP contribution in [0.3, 0.4) is 0 Å². The number of aromatic nitrogens is 5. The number of fused-ring (bicyclic) bond motifs is 1. The van der Waals surface area contributed by atoms with Gasteiger partial charge in [0.05, 0.1) is 11.6 Å². The summed E-state index contributed by atoms with van der Waals surface area (Å²) in [4.78, 5) is 12.2. The van der Waals surface area contributed by atoms with Crippen molar-refractivity contribution in [3.63, 3.8) is 0 Å². The lowest BCUT2D eigenvalue weighted by Gasteiger charge is -2.00. The highest BCUT2D eigenvalue weighted by atomic mass is 15.3. The van der Waals surface area contributed by atoms with E-state index in [1.54, 1.807) is 23.3 Å². The molecule has 6 heteroatoms. The van der Waals surface area contributed by atoms with Gasteiger partial charge in [0, 0.05) is 12.4 Å². The van der Waals surface area contributed by atoms with Crippen LogP contribution in [0.15, 0.2) is 36.8 Å². The first-order valence-electron chi connectivity index (χ1n) is 4.91. The summed E-state index contributed by atoms with van der Waals surface area (Å²) in [6.45, 7) is 0. The molecule has 17 heavy (non-hydrogen) atoms. The van der Waals surface area contributed by atoms with Crippen molar-refractivity contribution in [2.75, 3.05) is 0 Å². The molecule has 0 aliphatic heterocycles.